The summed E-state index contributed by atoms with van der Waals surface area (Å²) in [4.78, 5) is 12.3. The predicted octanol–water partition coefficient (Wildman–Crippen LogP) is 2.33. The molecule has 1 amide bonds. The zero-order chi connectivity index (χ0) is 14.4. The Labute approximate surface area is 120 Å². The van der Waals surface area contributed by atoms with Gasteiger partial charge in [-0.05, 0) is 37.0 Å². The molecule has 0 saturated heterocycles. The van der Waals surface area contributed by atoms with E-state index >= 15 is 0 Å². The van der Waals surface area contributed by atoms with E-state index in [0.717, 1.165) is 0 Å². The lowest BCUT2D eigenvalue weighted by molar-refractivity contribution is 0.0915. The van der Waals surface area contributed by atoms with Crippen LogP contribution in [-0.4, -0.2) is 25.6 Å². The molecule has 0 spiro atoms. The Kier molecular flexibility index (Phi) is 5.41. The van der Waals surface area contributed by atoms with E-state index in [9.17, 15) is 4.79 Å². The Hall–Kier alpha value is -1.55. The second kappa shape index (κ2) is 7.29. The summed E-state index contributed by atoms with van der Waals surface area (Å²) < 4.78 is 5.15. The molecule has 0 aromatic heterocycles. The fraction of sp³-hybridized carbons (Fsp3) is 0.562. The standard InChI is InChI=1S/C16H24N2O2/c1-20-14-9-5-8-13(10-14)16(19)18-15(11-17)12-6-3-2-4-7-12/h5,8-10,12,15H,2-4,6-7,11,17H2,1H3,(H,18,19). The van der Waals surface area contributed by atoms with Crippen LogP contribution in [0.1, 0.15) is 42.5 Å². The number of nitrogens with one attached hydrogen (secondary N) is 1. The van der Waals surface area contributed by atoms with Gasteiger partial charge in [0.05, 0.1) is 7.11 Å². The molecule has 1 aliphatic rings. The summed E-state index contributed by atoms with van der Waals surface area (Å²) in [5.41, 5.74) is 6.47. The molecule has 20 heavy (non-hydrogen) atoms. The number of rotatable bonds is 5. The zero-order valence-corrected chi connectivity index (χ0v) is 12.1. The maximum absolute atomic E-state index is 12.3. The summed E-state index contributed by atoms with van der Waals surface area (Å²) in [5, 5.41) is 3.08. The molecule has 110 valence electrons. The van der Waals surface area contributed by atoms with Gasteiger partial charge in [0.1, 0.15) is 5.75 Å². The maximum Gasteiger partial charge on any atom is 0.251 e. The SMILES string of the molecule is COc1cccc(C(=O)NC(CN)C2CCCCC2)c1. The molecule has 4 heteroatoms. The second-order valence-corrected chi connectivity index (χ2v) is 5.45. The summed E-state index contributed by atoms with van der Waals surface area (Å²) >= 11 is 0. The van der Waals surface area contributed by atoms with Gasteiger partial charge in [-0.15, -0.1) is 0 Å². The van der Waals surface area contributed by atoms with Crippen molar-refractivity contribution < 1.29 is 9.53 Å². The topological polar surface area (TPSA) is 64.3 Å². The highest BCUT2D eigenvalue weighted by atomic mass is 16.5. The quantitative estimate of drug-likeness (QED) is 0.867. The number of benzene rings is 1. The van der Waals surface area contributed by atoms with Gasteiger partial charge in [0, 0.05) is 18.2 Å². The summed E-state index contributed by atoms with van der Waals surface area (Å²) in [6.07, 6.45) is 6.13. The molecule has 0 heterocycles. The van der Waals surface area contributed by atoms with Gasteiger partial charge in [-0.2, -0.15) is 0 Å². The maximum atomic E-state index is 12.3. The molecular formula is C16H24N2O2. The smallest absolute Gasteiger partial charge is 0.251 e. The van der Waals surface area contributed by atoms with Crippen molar-refractivity contribution in [3.63, 3.8) is 0 Å². The van der Waals surface area contributed by atoms with Crippen molar-refractivity contribution in [1.82, 2.24) is 5.32 Å². The molecule has 2 rings (SSSR count). The average Bonchev–Trinajstić information content (AvgIpc) is 2.53. The number of hydrogen-bond acceptors (Lipinski definition) is 3. The molecule has 1 aliphatic carbocycles. The van der Waals surface area contributed by atoms with E-state index in [1.165, 1.54) is 32.1 Å². The fourth-order valence-electron chi connectivity index (χ4n) is 2.92. The van der Waals surface area contributed by atoms with Gasteiger partial charge in [0.25, 0.3) is 5.91 Å². The molecule has 0 radical (unpaired) electrons. The van der Waals surface area contributed by atoms with Crippen molar-refractivity contribution in [1.29, 1.82) is 0 Å². The Balaban J connectivity index is 2.00. The summed E-state index contributed by atoms with van der Waals surface area (Å²) in [6, 6.07) is 7.29. The Bertz CT molecular complexity index is 442. The lowest BCUT2D eigenvalue weighted by Crippen LogP contribution is -2.45. The number of ether oxygens (including phenoxy) is 1. The zero-order valence-electron chi connectivity index (χ0n) is 12.1. The normalized spacial score (nSPS) is 17.5. The highest BCUT2D eigenvalue weighted by Crippen LogP contribution is 2.26. The van der Waals surface area contributed by atoms with E-state index in [2.05, 4.69) is 5.32 Å². The third-order valence-corrected chi connectivity index (χ3v) is 4.12. The van der Waals surface area contributed by atoms with Crippen LogP contribution in [0.25, 0.3) is 0 Å². The van der Waals surface area contributed by atoms with Crippen LogP contribution in [0.3, 0.4) is 0 Å². The first kappa shape index (κ1) is 14.9. The summed E-state index contributed by atoms with van der Waals surface area (Å²) in [6.45, 7) is 0.500. The van der Waals surface area contributed by atoms with Crippen molar-refractivity contribution in [3.8, 4) is 5.75 Å². The number of hydrogen-bond donors (Lipinski definition) is 2. The minimum absolute atomic E-state index is 0.0649. The van der Waals surface area contributed by atoms with E-state index in [0.29, 0.717) is 23.8 Å². The molecule has 1 unspecified atom stereocenters. The number of carbonyl (C=O) groups is 1. The van der Waals surface area contributed by atoms with E-state index in [1.807, 2.05) is 12.1 Å². The van der Waals surface area contributed by atoms with E-state index in [1.54, 1.807) is 19.2 Å². The molecule has 1 fully saturated rings. The highest BCUT2D eigenvalue weighted by Gasteiger charge is 2.24. The molecule has 1 aromatic rings. The number of carbonyl (C=O) groups excluding carboxylic acids is 1. The van der Waals surface area contributed by atoms with Crippen LogP contribution in [0.2, 0.25) is 0 Å². The van der Waals surface area contributed by atoms with Gasteiger partial charge < -0.3 is 15.8 Å². The second-order valence-electron chi connectivity index (χ2n) is 5.45. The molecule has 1 aromatic carbocycles. The molecule has 0 aliphatic heterocycles. The predicted molar refractivity (Wildman–Crippen MR) is 79.9 cm³/mol. The summed E-state index contributed by atoms with van der Waals surface area (Å²) in [7, 11) is 1.60. The minimum atomic E-state index is -0.0649. The van der Waals surface area contributed by atoms with Crippen LogP contribution in [0.5, 0.6) is 5.75 Å². The Morgan fingerprint density at radius 3 is 2.80 bits per heavy atom. The minimum Gasteiger partial charge on any atom is -0.497 e. The van der Waals surface area contributed by atoms with Crippen molar-refractivity contribution in [2.24, 2.45) is 11.7 Å². The van der Waals surface area contributed by atoms with Gasteiger partial charge in [-0.25, -0.2) is 0 Å². The summed E-state index contributed by atoms with van der Waals surface area (Å²) in [5.74, 6) is 1.15. The van der Waals surface area contributed by atoms with E-state index < -0.39 is 0 Å². The molecular weight excluding hydrogens is 252 g/mol. The average molecular weight is 276 g/mol. The van der Waals surface area contributed by atoms with Crippen LogP contribution in [0, 0.1) is 5.92 Å². The van der Waals surface area contributed by atoms with Crippen LogP contribution < -0.4 is 15.8 Å². The molecule has 1 atom stereocenters. The highest BCUT2D eigenvalue weighted by molar-refractivity contribution is 5.94. The van der Waals surface area contributed by atoms with Gasteiger partial charge in [0.2, 0.25) is 0 Å². The van der Waals surface area contributed by atoms with E-state index in [-0.39, 0.29) is 11.9 Å². The van der Waals surface area contributed by atoms with E-state index in [4.69, 9.17) is 10.5 Å². The monoisotopic (exact) mass is 276 g/mol. The first-order valence-corrected chi connectivity index (χ1v) is 7.39. The molecule has 4 nitrogen and oxygen atoms in total. The van der Waals surface area contributed by atoms with Crippen molar-refractivity contribution in [2.75, 3.05) is 13.7 Å². The van der Waals surface area contributed by atoms with Crippen LogP contribution >= 0.6 is 0 Å². The first-order valence-electron chi connectivity index (χ1n) is 7.39. The van der Waals surface area contributed by atoms with Crippen molar-refractivity contribution in [2.45, 2.75) is 38.1 Å². The first-order chi connectivity index (χ1) is 9.74. The van der Waals surface area contributed by atoms with Crippen molar-refractivity contribution >= 4 is 5.91 Å². The van der Waals surface area contributed by atoms with Crippen LogP contribution in [0.4, 0.5) is 0 Å². The van der Waals surface area contributed by atoms with Gasteiger partial charge in [0.15, 0.2) is 0 Å². The molecule has 1 saturated carbocycles. The lowest BCUT2D eigenvalue weighted by Gasteiger charge is -2.30. The third kappa shape index (κ3) is 3.73. The molecule has 0 bridgehead atoms. The van der Waals surface area contributed by atoms with Crippen LogP contribution in [0.15, 0.2) is 24.3 Å². The third-order valence-electron chi connectivity index (χ3n) is 4.12. The number of nitrogens with two attached hydrogens (primary N) is 1. The lowest BCUT2D eigenvalue weighted by atomic mass is 9.84. The number of methoxy groups -OCH3 is 1. The largest absolute Gasteiger partial charge is 0.497 e. The number of amides is 1. The van der Waals surface area contributed by atoms with Gasteiger partial charge in [-0.3, -0.25) is 4.79 Å². The Morgan fingerprint density at radius 2 is 2.15 bits per heavy atom. The van der Waals surface area contributed by atoms with Crippen LogP contribution in [-0.2, 0) is 0 Å². The van der Waals surface area contributed by atoms with Gasteiger partial charge in [-0.1, -0.05) is 25.3 Å². The Morgan fingerprint density at radius 1 is 1.40 bits per heavy atom. The fourth-order valence-corrected chi connectivity index (χ4v) is 2.92. The molecule has 3 N–H and O–H groups in total. The van der Waals surface area contributed by atoms with Crippen molar-refractivity contribution in [3.05, 3.63) is 29.8 Å². The van der Waals surface area contributed by atoms with Gasteiger partial charge >= 0.3 is 0 Å².